The smallest absolute Gasteiger partial charge is 0.0346 e. The summed E-state index contributed by atoms with van der Waals surface area (Å²) in [4.78, 5) is 4.15. The van der Waals surface area contributed by atoms with Crippen LogP contribution in [0, 0.1) is 13.0 Å². The Labute approximate surface area is 78.1 Å². The number of pyridine rings is 1. The van der Waals surface area contributed by atoms with E-state index < -0.39 is 0 Å². The molecule has 1 aromatic heterocycles. The predicted octanol–water partition coefficient (Wildman–Crippen LogP) is 2.86. The zero-order chi connectivity index (χ0) is 9.10. The van der Waals surface area contributed by atoms with Crippen LogP contribution in [0.2, 0.25) is 0 Å². The Hall–Kier alpha value is -1.63. The molecule has 0 unspecified atom stereocenters. The highest BCUT2D eigenvalue weighted by Gasteiger charge is 1.95. The molecule has 1 heteroatoms. The summed E-state index contributed by atoms with van der Waals surface area (Å²) >= 11 is 0. The van der Waals surface area contributed by atoms with Crippen LogP contribution in [0.3, 0.4) is 0 Å². The van der Waals surface area contributed by atoms with Gasteiger partial charge in [-0.1, -0.05) is 24.3 Å². The van der Waals surface area contributed by atoms with Crippen LogP contribution in [0.15, 0.2) is 42.7 Å². The highest BCUT2D eigenvalue weighted by atomic mass is 14.6. The van der Waals surface area contributed by atoms with Gasteiger partial charge < -0.3 is 0 Å². The monoisotopic (exact) mass is 168 g/mol. The standard InChI is InChI=1S/C12H10N/c1-10-7-12(9-13-8-10)11-5-3-2-4-6-11/h3-9H,1H3. The summed E-state index contributed by atoms with van der Waals surface area (Å²) in [5.41, 5.74) is 3.54. The van der Waals surface area contributed by atoms with Crippen molar-refractivity contribution in [1.29, 1.82) is 0 Å². The number of aromatic nitrogens is 1. The third kappa shape index (κ3) is 1.75. The van der Waals surface area contributed by atoms with Gasteiger partial charge in [0.05, 0.1) is 0 Å². The molecule has 0 N–H and O–H groups in total. The minimum Gasteiger partial charge on any atom is -0.264 e. The third-order valence-corrected chi connectivity index (χ3v) is 1.93. The normalized spacial score (nSPS) is 9.92. The van der Waals surface area contributed by atoms with Crippen LogP contribution < -0.4 is 0 Å². The van der Waals surface area contributed by atoms with Crippen LogP contribution in [0.4, 0.5) is 0 Å². The van der Waals surface area contributed by atoms with Gasteiger partial charge in [-0.15, -0.1) is 0 Å². The van der Waals surface area contributed by atoms with E-state index >= 15 is 0 Å². The molecule has 0 saturated heterocycles. The molecular weight excluding hydrogens is 158 g/mol. The molecule has 0 fully saturated rings. The Morgan fingerprint density at radius 2 is 1.85 bits per heavy atom. The molecule has 0 aliphatic carbocycles. The molecule has 1 nitrogen and oxygen atoms in total. The van der Waals surface area contributed by atoms with Gasteiger partial charge in [0.2, 0.25) is 0 Å². The molecule has 1 aromatic carbocycles. The van der Waals surface area contributed by atoms with Crippen LogP contribution >= 0.6 is 0 Å². The fourth-order valence-electron chi connectivity index (χ4n) is 1.29. The van der Waals surface area contributed by atoms with E-state index in [0.717, 1.165) is 5.56 Å². The molecular formula is C12H10N. The second kappa shape index (κ2) is 3.40. The van der Waals surface area contributed by atoms with Crippen molar-refractivity contribution in [2.75, 3.05) is 0 Å². The summed E-state index contributed by atoms with van der Waals surface area (Å²) in [6.07, 6.45) is 3.74. The first kappa shape index (κ1) is 7.99. The molecule has 2 rings (SSSR count). The van der Waals surface area contributed by atoms with Crippen molar-refractivity contribution in [3.05, 3.63) is 54.4 Å². The van der Waals surface area contributed by atoms with Gasteiger partial charge in [-0.2, -0.15) is 0 Å². The second-order valence-electron chi connectivity index (χ2n) is 3.04. The topological polar surface area (TPSA) is 12.9 Å². The number of nitrogens with zero attached hydrogens (tertiary/aromatic N) is 1. The lowest BCUT2D eigenvalue weighted by atomic mass is 10.1. The lowest BCUT2D eigenvalue weighted by Gasteiger charge is -2.00. The molecule has 0 aliphatic heterocycles. The van der Waals surface area contributed by atoms with Crippen LogP contribution in [0.1, 0.15) is 5.56 Å². The zero-order valence-corrected chi connectivity index (χ0v) is 7.49. The van der Waals surface area contributed by atoms with Gasteiger partial charge in [0.25, 0.3) is 0 Å². The first-order valence-electron chi connectivity index (χ1n) is 4.24. The Kier molecular flexibility index (Phi) is 2.09. The molecule has 1 radical (unpaired) electrons. The van der Waals surface area contributed by atoms with Crippen LogP contribution in [-0.2, 0) is 0 Å². The maximum absolute atomic E-state index is 4.15. The van der Waals surface area contributed by atoms with Crippen LogP contribution in [0.5, 0.6) is 0 Å². The van der Waals surface area contributed by atoms with E-state index in [9.17, 15) is 0 Å². The lowest BCUT2D eigenvalue weighted by molar-refractivity contribution is 1.27. The van der Waals surface area contributed by atoms with Crippen molar-refractivity contribution in [3.8, 4) is 11.1 Å². The molecule has 1 heterocycles. The highest BCUT2D eigenvalue weighted by molar-refractivity contribution is 5.62. The van der Waals surface area contributed by atoms with Crippen molar-refractivity contribution < 1.29 is 0 Å². The van der Waals surface area contributed by atoms with Gasteiger partial charge in [0.1, 0.15) is 0 Å². The van der Waals surface area contributed by atoms with E-state index in [0.29, 0.717) is 0 Å². The molecule has 0 spiro atoms. The molecule has 13 heavy (non-hydrogen) atoms. The molecule has 0 amide bonds. The first-order valence-corrected chi connectivity index (χ1v) is 4.24. The van der Waals surface area contributed by atoms with Crippen molar-refractivity contribution in [2.45, 2.75) is 6.92 Å². The van der Waals surface area contributed by atoms with Crippen molar-refractivity contribution >= 4 is 0 Å². The average Bonchev–Trinajstić information content (AvgIpc) is 2.19. The number of benzene rings is 1. The zero-order valence-electron chi connectivity index (χ0n) is 7.49. The minimum absolute atomic E-state index is 1.16. The quantitative estimate of drug-likeness (QED) is 0.638. The summed E-state index contributed by atoms with van der Waals surface area (Å²) in [5, 5.41) is 0. The summed E-state index contributed by atoms with van der Waals surface area (Å²) < 4.78 is 0. The third-order valence-electron chi connectivity index (χ3n) is 1.93. The van der Waals surface area contributed by atoms with E-state index in [4.69, 9.17) is 0 Å². The Balaban J connectivity index is 2.48. The van der Waals surface area contributed by atoms with Gasteiger partial charge in [0.15, 0.2) is 0 Å². The summed E-state index contributed by atoms with van der Waals surface area (Å²) in [5.74, 6) is 0. The Morgan fingerprint density at radius 1 is 1.08 bits per heavy atom. The fraction of sp³-hybridized carbons (Fsp3) is 0.0833. The average molecular weight is 168 g/mol. The van der Waals surface area contributed by atoms with Crippen molar-refractivity contribution in [2.24, 2.45) is 0 Å². The molecule has 63 valence electrons. The predicted molar refractivity (Wildman–Crippen MR) is 53.2 cm³/mol. The van der Waals surface area contributed by atoms with Gasteiger partial charge in [-0.3, -0.25) is 4.98 Å². The van der Waals surface area contributed by atoms with Crippen LogP contribution in [-0.4, -0.2) is 4.98 Å². The molecule has 0 saturated carbocycles. The summed E-state index contributed by atoms with van der Waals surface area (Å²) in [6, 6.07) is 13.0. The second-order valence-corrected chi connectivity index (χ2v) is 3.04. The first-order chi connectivity index (χ1) is 6.36. The SMILES string of the molecule is Cc1cncc(-c2cc[c]cc2)c1. The fourth-order valence-corrected chi connectivity index (χ4v) is 1.29. The lowest BCUT2D eigenvalue weighted by Crippen LogP contribution is -1.81. The van der Waals surface area contributed by atoms with Crippen molar-refractivity contribution in [3.63, 3.8) is 0 Å². The van der Waals surface area contributed by atoms with Crippen LogP contribution in [0.25, 0.3) is 11.1 Å². The largest absolute Gasteiger partial charge is 0.264 e. The maximum Gasteiger partial charge on any atom is 0.0346 e. The number of hydrogen-bond donors (Lipinski definition) is 0. The van der Waals surface area contributed by atoms with E-state index in [1.165, 1.54) is 11.1 Å². The number of rotatable bonds is 1. The van der Waals surface area contributed by atoms with Gasteiger partial charge in [-0.05, 0) is 30.2 Å². The molecule has 0 bridgehead atoms. The summed E-state index contributed by atoms with van der Waals surface area (Å²) in [6.45, 7) is 2.05. The Morgan fingerprint density at radius 3 is 2.54 bits per heavy atom. The van der Waals surface area contributed by atoms with Crippen molar-refractivity contribution in [1.82, 2.24) is 4.98 Å². The Bertz CT molecular complexity index is 393. The minimum atomic E-state index is 1.16. The van der Waals surface area contributed by atoms with E-state index in [1.807, 2.05) is 43.6 Å². The molecule has 2 aromatic rings. The van der Waals surface area contributed by atoms with E-state index in [2.05, 4.69) is 17.1 Å². The summed E-state index contributed by atoms with van der Waals surface area (Å²) in [7, 11) is 0. The van der Waals surface area contributed by atoms with Gasteiger partial charge in [0, 0.05) is 18.0 Å². The molecule has 0 atom stereocenters. The molecule has 0 aliphatic rings. The maximum atomic E-state index is 4.15. The van der Waals surface area contributed by atoms with E-state index in [1.54, 1.807) is 0 Å². The van der Waals surface area contributed by atoms with E-state index in [-0.39, 0.29) is 0 Å². The highest BCUT2D eigenvalue weighted by Crippen LogP contribution is 2.17. The number of hydrogen-bond acceptors (Lipinski definition) is 1. The van der Waals surface area contributed by atoms with Gasteiger partial charge >= 0.3 is 0 Å². The number of aryl methyl sites for hydroxylation is 1. The van der Waals surface area contributed by atoms with Gasteiger partial charge in [-0.25, -0.2) is 0 Å².